The van der Waals surface area contributed by atoms with Crippen LogP contribution in [-0.2, 0) is 53.4 Å². The van der Waals surface area contributed by atoms with Crippen molar-refractivity contribution in [3.05, 3.63) is 0 Å². The summed E-state index contributed by atoms with van der Waals surface area (Å²) in [5.74, 6) is -0.717. The number of hydrogen-bond acceptors (Lipinski definition) is 11. The van der Waals surface area contributed by atoms with Crippen LogP contribution in [0.4, 0.5) is 0 Å². The van der Waals surface area contributed by atoms with E-state index in [4.69, 9.17) is 42.3 Å². The van der Waals surface area contributed by atoms with Crippen molar-refractivity contribution in [3.8, 4) is 0 Å². The summed E-state index contributed by atoms with van der Waals surface area (Å²) in [4.78, 5) is 0. The van der Waals surface area contributed by atoms with Gasteiger partial charge < -0.3 is 33.2 Å². The molecule has 0 aromatic rings. The Hall–Kier alpha value is -0.460. The Bertz CT molecular complexity index is 861. The van der Waals surface area contributed by atoms with E-state index in [1.807, 2.05) is 0 Å². The molecule has 0 aliphatic carbocycles. The zero-order chi connectivity index (χ0) is 37.7. The predicted molar refractivity (Wildman–Crippen MR) is 201 cm³/mol. The van der Waals surface area contributed by atoms with Gasteiger partial charge in [0, 0.05) is 26.4 Å². The summed E-state index contributed by atoms with van der Waals surface area (Å²) >= 11 is 0. The van der Waals surface area contributed by atoms with E-state index in [0.717, 1.165) is 25.7 Å². The summed E-state index contributed by atoms with van der Waals surface area (Å²) in [6.45, 7) is 8.56. The molecule has 0 aliphatic rings. The van der Waals surface area contributed by atoms with E-state index in [1.54, 1.807) is 0 Å². The van der Waals surface area contributed by atoms with Crippen LogP contribution in [0, 0.1) is 0 Å². The van der Waals surface area contributed by atoms with Crippen molar-refractivity contribution < 1.29 is 59.1 Å². The molecule has 0 aromatic carbocycles. The highest BCUT2D eigenvalue weighted by molar-refractivity contribution is 7.86. The Morgan fingerprint density at radius 2 is 0.667 bits per heavy atom. The van der Waals surface area contributed by atoms with Crippen LogP contribution in [0.3, 0.4) is 0 Å². The molecule has 0 fully saturated rings. The number of unbranched alkanes of at least 4 members (excludes halogenated alkanes) is 14. The lowest BCUT2D eigenvalue weighted by atomic mass is 10.1. The highest BCUT2D eigenvalue weighted by Crippen LogP contribution is 2.10. The maximum Gasteiger partial charge on any atom is 0.264 e. The van der Waals surface area contributed by atoms with Gasteiger partial charge in [-0.3, -0.25) is 9.11 Å². The second kappa shape index (κ2) is 36.5. The van der Waals surface area contributed by atoms with Gasteiger partial charge in [0.1, 0.15) is 12.2 Å². The predicted octanol–water partition coefficient (Wildman–Crippen LogP) is 6.68. The number of hydrogen-bond donors (Lipinski definition) is 2. The third-order valence-corrected chi connectivity index (χ3v) is 9.65. The first-order valence-electron chi connectivity index (χ1n) is 19.6. The molecule has 0 bridgehead atoms. The van der Waals surface area contributed by atoms with Crippen molar-refractivity contribution >= 4 is 20.2 Å². The van der Waals surface area contributed by atoms with Gasteiger partial charge in [0.25, 0.3) is 20.2 Å². The van der Waals surface area contributed by atoms with E-state index in [2.05, 4.69) is 13.8 Å². The van der Waals surface area contributed by atoms with Crippen LogP contribution < -0.4 is 0 Å². The van der Waals surface area contributed by atoms with Gasteiger partial charge in [0.2, 0.25) is 0 Å². The first-order chi connectivity index (χ1) is 24.6. The van der Waals surface area contributed by atoms with Crippen molar-refractivity contribution in [3.63, 3.8) is 0 Å². The number of ether oxygens (including phenoxy) is 7. The van der Waals surface area contributed by atoms with Crippen molar-refractivity contribution in [2.24, 2.45) is 0 Å². The summed E-state index contributed by atoms with van der Waals surface area (Å²) in [6.07, 6.45) is 19.1. The lowest BCUT2D eigenvalue weighted by Crippen LogP contribution is -2.28. The molecule has 0 saturated heterocycles. The van der Waals surface area contributed by atoms with Gasteiger partial charge in [-0.2, -0.15) is 16.8 Å². The maximum absolute atomic E-state index is 11.0. The monoisotopic (exact) mass is 778 g/mol. The quantitative estimate of drug-likeness (QED) is 0.0497. The van der Waals surface area contributed by atoms with Gasteiger partial charge >= 0.3 is 0 Å². The molecule has 13 nitrogen and oxygen atoms in total. The van der Waals surface area contributed by atoms with Crippen LogP contribution in [0.25, 0.3) is 0 Å². The fraction of sp³-hybridized carbons (Fsp3) is 1.00. The summed E-state index contributed by atoms with van der Waals surface area (Å²) in [5, 5.41) is 0. The Labute approximate surface area is 311 Å². The molecule has 0 amide bonds. The van der Waals surface area contributed by atoms with Crippen LogP contribution in [-0.4, -0.2) is 129 Å². The van der Waals surface area contributed by atoms with Gasteiger partial charge in [0.05, 0.1) is 64.4 Å². The van der Waals surface area contributed by atoms with E-state index in [9.17, 15) is 16.8 Å². The molecule has 2 atom stereocenters. The Morgan fingerprint density at radius 1 is 0.373 bits per heavy atom. The van der Waals surface area contributed by atoms with E-state index in [-0.39, 0.29) is 63.0 Å². The molecule has 15 heteroatoms. The highest BCUT2D eigenvalue weighted by atomic mass is 32.2. The lowest BCUT2D eigenvalue weighted by Gasteiger charge is -2.19. The van der Waals surface area contributed by atoms with Gasteiger partial charge in [-0.25, -0.2) is 0 Å². The van der Waals surface area contributed by atoms with Crippen molar-refractivity contribution in [1.82, 2.24) is 0 Å². The summed E-state index contributed by atoms with van der Waals surface area (Å²) in [7, 11) is -8.06. The molecule has 0 rings (SSSR count). The molecule has 2 N–H and O–H groups in total. The SMILES string of the molecule is CCCCCCCCCCOCC(COCCOCCOCC(COCCCCCCCCCC)OCCCS(=O)(=O)O)OCCCS(=O)(=O)O. The Balaban J connectivity index is 4.25. The average molecular weight is 779 g/mol. The van der Waals surface area contributed by atoms with Crippen LogP contribution in [0.15, 0.2) is 0 Å². The van der Waals surface area contributed by atoms with E-state index in [1.165, 1.54) is 77.0 Å². The third kappa shape index (κ3) is 42.1. The number of rotatable bonds is 42. The molecule has 308 valence electrons. The Kier molecular flexibility index (Phi) is 36.2. The van der Waals surface area contributed by atoms with Crippen molar-refractivity contribution in [2.45, 2.75) is 142 Å². The largest absolute Gasteiger partial charge is 0.379 e. The van der Waals surface area contributed by atoms with Gasteiger partial charge in [0.15, 0.2) is 0 Å². The van der Waals surface area contributed by atoms with Gasteiger partial charge in [-0.05, 0) is 25.7 Å². The minimum absolute atomic E-state index is 0.165. The summed E-state index contributed by atoms with van der Waals surface area (Å²) in [6, 6.07) is 0. The molecule has 0 aliphatic heterocycles. The lowest BCUT2D eigenvalue weighted by molar-refractivity contribution is -0.0766. The molecule has 0 radical (unpaired) electrons. The van der Waals surface area contributed by atoms with Crippen LogP contribution in [0.5, 0.6) is 0 Å². The fourth-order valence-corrected chi connectivity index (χ4v) is 6.11. The molecule has 2 unspecified atom stereocenters. The van der Waals surface area contributed by atoms with Crippen LogP contribution >= 0.6 is 0 Å². The third-order valence-electron chi connectivity index (χ3n) is 8.04. The first-order valence-corrected chi connectivity index (χ1v) is 22.8. The van der Waals surface area contributed by atoms with E-state index < -0.39 is 20.2 Å². The van der Waals surface area contributed by atoms with Crippen LogP contribution in [0.1, 0.15) is 129 Å². The molecule has 0 heterocycles. The van der Waals surface area contributed by atoms with Gasteiger partial charge in [-0.15, -0.1) is 0 Å². The van der Waals surface area contributed by atoms with Crippen LogP contribution in [0.2, 0.25) is 0 Å². The maximum atomic E-state index is 11.0. The van der Waals surface area contributed by atoms with E-state index >= 15 is 0 Å². The second-order valence-electron chi connectivity index (χ2n) is 13.1. The minimum atomic E-state index is -4.03. The van der Waals surface area contributed by atoms with Gasteiger partial charge in [-0.1, -0.05) is 104 Å². The van der Waals surface area contributed by atoms with E-state index in [0.29, 0.717) is 52.9 Å². The fourth-order valence-electron chi connectivity index (χ4n) is 5.14. The standard InChI is InChI=1S/C36H74O13S2/c1-3-5-7-9-11-13-15-17-21-44-31-35(48-23-19-29-50(37,38)39)33-46-27-25-43-26-28-47-34-36(49-24-20-30-51(40,41)42)32-45-22-18-16-14-12-10-8-6-4-2/h35-36H,3-34H2,1-2H3,(H,37,38,39)(H,40,41,42). The van der Waals surface area contributed by atoms with Crippen molar-refractivity contribution in [2.75, 3.05) is 90.8 Å². The summed E-state index contributed by atoms with van der Waals surface area (Å²) in [5.41, 5.74) is 0. The molecule has 51 heavy (non-hydrogen) atoms. The zero-order valence-corrected chi connectivity index (χ0v) is 33.6. The molecule has 0 saturated carbocycles. The average Bonchev–Trinajstić information content (AvgIpc) is 3.07. The smallest absolute Gasteiger partial charge is 0.264 e. The molecular weight excluding hydrogens is 705 g/mol. The summed E-state index contributed by atoms with van der Waals surface area (Å²) < 4.78 is 102. The highest BCUT2D eigenvalue weighted by Gasteiger charge is 2.13. The van der Waals surface area contributed by atoms with Crippen molar-refractivity contribution in [1.29, 1.82) is 0 Å². The molecule has 0 aromatic heterocycles. The minimum Gasteiger partial charge on any atom is -0.379 e. The molecule has 0 spiro atoms. The first kappa shape index (κ1) is 50.5. The Morgan fingerprint density at radius 3 is 1.00 bits per heavy atom. The zero-order valence-electron chi connectivity index (χ0n) is 32.0. The normalized spacial score (nSPS) is 13.6. The second-order valence-corrected chi connectivity index (χ2v) is 16.3. The molecular formula is C36H74O13S2. The topological polar surface area (TPSA) is 173 Å².